The van der Waals surface area contributed by atoms with Crippen LogP contribution in [0.15, 0.2) is 40.9 Å². The first-order chi connectivity index (χ1) is 9.65. The van der Waals surface area contributed by atoms with Gasteiger partial charge in [-0.1, -0.05) is 34.1 Å². The van der Waals surface area contributed by atoms with Gasteiger partial charge in [0.1, 0.15) is 11.6 Å². The zero-order valence-corrected chi connectivity index (χ0v) is 12.5. The fraction of sp³-hybridized carbons (Fsp3) is 0.250. The topological polar surface area (TPSA) is 35.2 Å². The Morgan fingerprint density at radius 3 is 2.90 bits per heavy atom. The monoisotopic (exact) mass is 335 g/mol. The van der Waals surface area contributed by atoms with Crippen molar-refractivity contribution in [2.24, 2.45) is 5.73 Å². The fourth-order valence-electron chi connectivity index (χ4n) is 2.62. The lowest BCUT2D eigenvalue weighted by atomic mass is 9.97. The molecular weight excluding hydrogens is 321 g/mol. The molecule has 1 unspecified atom stereocenters. The molecule has 104 valence electrons. The summed E-state index contributed by atoms with van der Waals surface area (Å²) in [6, 6.07) is 10.4. The lowest BCUT2D eigenvalue weighted by molar-refractivity contribution is 0.352. The second-order valence-corrected chi connectivity index (χ2v) is 5.90. The van der Waals surface area contributed by atoms with Gasteiger partial charge in [-0.2, -0.15) is 0 Å². The summed E-state index contributed by atoms with van der Waals surface area (Å²) in [5, 5.41) is 0. The van der Waals surface area contributed by atoms with Gasteiger partial charge in [0.15, 0.2) is 0 Å². The van der Waals surface area contributed by atoms with E-state index < -0.39 is 0 Å². The van der Waals surface area contributed by atoms with Crippen LogP contribution in [0.2, 0.25) is 0 Å². The van der Waals surface area contributed by atoms with E-state index in [2.05, 4.69) is 22.0 Å². The number of fused-ring (bicyclic) bond motifs is 1. The predicted octanol–water partition coefficient (Wildman–Crippen LogP) is 3.77. The lowest BCUT2D eigenvalue weighted by Crippen LogP contribution is -2.15. The molecule has 0 saturated carbocycles. The van der Waals surface area contributed by atoms with Crippen molar-refractivity contribution in [3.63, 3.8) is 0 Å². The van der Waals surface area contributed by atoms with Gasteiger partial charge >= 0.3 is 0 Å². The van der Waals surface area contributed by atoms with Gasteiger partial charge in [-0.15, -0.1) is 0 Å². The molecule has 2 aromatic rings. The van der Waals surface area contributed by atoms with E-state index in [1.807, 2.05) is 6.07 Å². The highest BCUT2D eigenvalue weighted by Gasteiger charge is 2.20. The van der Waals surface area contributed by atoms with Crippen LogP contribution in [0.5, 0.6) is 5.75 Å². The van der Waals surface area contributed by atoms with Gasteiger partial charge in [0.25, 0.3) is 0 Å². The Morgan fingerprint density at radius 1 is 1.30 bits per heavy atom. The van der Waals surface area contributed by atoms with E-state index in [1.54, 1.807) is 18.2 Å². The Morgan fingerprint density at radius 2 is 2.10 bits per heavy atom. The van der Waals surface area contributed by atoms with Crippen LogP contribution < -0.4 is 10.5 Å². The highest BCUT2D eigenvalue weighted by atomic mass is 79.9. The second-order valence-electron chi connectivity index (χ2n) is 4.98. The molecule has 0 aromatic heterocycles. The predicted molar refractivity (Wildman–Crippen MR) is 80.4 cm³/mol. The normalized spacial score (nSPS) is 14.8. The molecule has 0 radical (unpaired) electrons. The second kappa shape index (κ2) is 5.54. The average Bonchev–Trinajstić information content (AvgIpc) is 2.87. The van der Waals surface area contributed by atoms with Crippen LogP contribution in [0.1, 0.15) is 22.7 Å². The van der Waals surface area contributed by atoms with Gasteiger partial charge in [0.2, 0.25) is 0 Å². The minimum atomic E-state index is -0.376. The number of benzene rings is 2. The smallest absolute Gasteiger partial charge is 0.127 e. The largest absolute Gasteiger partial charge is 0.493 e. The summed E-state index contributed by atoms with van der Waals surface area (Å²) in [7, 11) is 0. The number of ether oxygens (including phenoxy) is 1. The zero-order valence-electron chi connectivity index (χ0n) is 10.9. The molecule has 1 heterocycles. The SMILES string of the molecule is NC(Cc1cc(Br)cc2c1OCC2)c1ccccc1F. The Balaban J connectivity index is 1.90. The number of rotatable bonds is 3. The molecule has 0 aliphatic carbocycles. The Kier molecular flexibility index (Phi) is 3.76. The van der Waals surface area contributed by atoms with Crippen molar-refractivity contribution in [1.29, 1.82) is 0 Å². The van der Waals surface area contributed by atoms with Gasteiger partial charge < -0.3 is 10.5 Å². The third-order valence-electron chi connectivity index (χ3n) is 3.57. The van der Waals surface area contributed by atoms with E-state index in [1.165, 1.54) is 11.6 Å². The summed E-state index contributed by atoms with van der Waals surface area (Å²) in [4.78, 5) is 0. The quantitative estimate of drug-likeness (QED) is 0.926. The van der Waals surface area contributed by atoms with Crippen LogP contribution in [-0.4, -0.2) is 6.61 Å². The first-order valence-electron chi connectivity index (χ1n) is 6.59. The third kappa shape index (κ3) is 2.58. The van der Waals surface area contributed by atoms with Crippen LogP contribution in [0, 0.1) is 5.82 Å². The van der Waals surface area contributed by atoms with Crippen LogP contribution >= 0.6 is 15.9 Å². The molecule has 0 amide bonds. The Hall–Kier alpha value is -1.39. The van der Waals surface area contributed by atoms with Crippen LogP contribution in [0.4, 0.5) is 4.39 Å². The lowest BCUT2D eigenvalue weighted by Gasteiger charge is -2.15. The number of hydrogen-bond donors (Lipinski definition) is 1. The molecule has 1 atom stereocenters. The van der Waals surface area contributed by atoms with E-state index in [4.69, 9.17) is 10.5 Å². The zero-order chi connectivity index (χ0) is 14.1. The van der Waals surface area contributed by atoms with E-state index >= 15 is 0 Å². The molecular formula is C16H15BrFNO. The van der Waals surface area contributed by atoms with Crippen LogP contribution in [0.3, 0.4) is 0 Å². The molecule has 3 rings (SSSR count). The minimum absolute atomic E-state index is 0.257. The molecule has 2 aromatic carbocycles. The molecule has 4 heteroatoms. The molecule has 2 nitrogen and oxygen atoms in total. The molecule has 20 heavy (non-hydrogen) atoms. The third-order valence-corrected chi connectivity index (χ3v) is 4.03. The van der Waals surface area contributed by atoms with E-state index in [-0.39, 0.29) is 11.9 Å². The average molecular weight is 336 g/mol. The van der Waals surface area contributed by atoms with Gasteiger partial charge in [-0.3, -0.25) is 0 Å². The van der Waals surface area contributed by atoms with Gasteiger partial charge in [-0.25, -0.2) is 4.39 Å². The fourth-order valence-corrected chi connectivity index (χ4v) is 3.17. The number of hydrogen-bond acceptors (Lipinski definition) is 2. The van der Waals surface area contributed by atoms with Gasteiger partial charge in [0.05, 0.1) is 6.61 Å². The van der Waals surface area contributed by atoms with Crippen molar-refractivity contribution in [3.05, 3.63) is 63.4 Å². The maximum Gasteiger partial charge on any atom is 0.127 e. The van der Waals surface area contributed by atoms with E-state index in [9.17, 15) is 4.39 Å². The van der Waals surface area contributed by atoms with Crippen molar-refractivity contribution in [1.82, 2.24) is 0 Å². The highest BCUT2D eigenvalue weighted by molar-refractivity contribution is 9.10. The summed E-state index contributed by atoms with van der Waals surface area (Å²) < 4.78 is 20.5. The molecule has 1 aliphatic heterocycles. The van der Waals surface area contributed by atoms with Gasteiger partial charge in [-0.05, 0) is 35.7 Å². The Labute approximate surface area is 125 Å². The summed E-state index contributed by atoms with van der Waals surface area (Å²) in [6.07, 6.45) is 1.47. The first kappa shape index (κ1) is 13.6. The van der Waals surface area contributed by atoms with Gasteiger partial charge in [0, 0.05) is 22.5 Å². The van der Waals surface area contributed by atoms with Crippen LogP contribution in [-0.2, 0) is 12.8 Å². The summed E-state index contributed by atoms with van der Waals surface area (Å²) in [5.74, 6) is 0.660. The highest BCUT2D eigenvalue weighted by Crippen LogP contribution is 2.35. The van der Waals surface area contributed by atoms with Crippen molar-refractivity contribution in [2.45, 2.75) is 18.9 Å². The molecule has 1 aliphatic rings. The van der Waals surface area contributed by atoms with Crippen molar-refractivity contribution in [2.75, 3.05) is 6.61 Å². The summed E-state index contributed by atoms with van der Waals surface area (Å²) in [6.45, 7) is 0.702. The maximum absolute atomic E-state index is 13.8. The molecule has 2 N–H and O–H groups in total. The molecule has 0 fully saturated rings. The molecule has 0 spiro atoms. The van der Waals surface area contributed by atoms with Crippen LogP contribution in [0.25, 0.3) is 0 Å². The number of nitrogens with two attached hydrogens (primary N) is 1. The summed E-state index contributed by atoms with van der Waals surface area (Å²) in [5.41, 5.74) is 8.92. The summed E-state index contributed by atoms with van der Waals surface area (Å²) >= 11 is 3.51. The van der Waals surface area contributed by atoms with Crippen molar-refractivity contribution >= 4 is 15.9 Å². The van der Waals surface area contributed by atoms with E-state index in [0.717, 1.165) is 22.2 Å². The standard InChI is InChI=1S/C16H15BrFNO/c17-12-7-10-5-6-20-16(10)11(8-12)9-15(19)13-3-1-2-4-14(13)18/h1-4,7-8,15H,5-6,9,19H2. The minimum Gasteiger partial charge on any atom is -0.493 e. The molecule has 0 saturated heterocycles. The molecule has 0 bridgehead atoms. The van der Waals surface area contributed by atoms with Crippen molar-refractivity contribution < 1.29 is 9.13 Å². The first-order valence-corrected chi connectivity index (χ1v) is 7.38. The number of halogens is 2. The van der Waals surface area contributed by atoms with Crippen molar-refractivity contribution in [3.8, 4) is 5.75 Å². The maximum atomic E-state index is 13.8. The Bertz CT molecular complexity index is 644. The van der Waals surface area contributed by atoms with E-state index in [0.29, 0.717) is 18.6 Å².